The fourth-order valence-electron chi connectivity index (χ4n) is 2.32. The van der Waals surface area contributed by atoms with Gasteiger partial charge in [-0.05, 0) is 6.92 Å². The Bertz CT molecular complexity index is 636. The number of piperazine rings is 1. The lowest BCUT2D eigenvalue weighted by Crippen LogP contribution is -2.55. The zero-order valence-corrected chi connectivity index (χ0v) is 14.5. The number of carbonyl (C=O) groups is 3. The monoisotopic (exact) mass is 333 g/mol. The fourth-order valence-corrected chi connectivity index (χ4v) is 2.32. The van der Waals surface area contributed by atoms with Gasteiger partial charge in [-0.1, -0.05) is 20.8 Å². The van der Waals surface area contributed by atoms with Crippen LogP contribution in [-0.4, -0.2) is 63.7 Å². The van der Waals surface area contributed by atoms with E-state index in [1.165, 1.54) is 22.2 Å². The molecule has 0 saturated carbocycles. The lowest BCUT2D eigenvalue weighted by molar-refractivity contribution is -0.156. The van der Waals surface area contributed by atoms with Gasteiger partial charge in [0.25, 0.3) is 0 Å². The van der Waals surface area contributed by atoms with Crippen LogP contribution in [0.1, 0.15) is 33.5 Å². The number of nitrogens with zero attached hydrogens (tertiary/aromatic N) is 4. The summed E-state index contributed by atoms with van der Waals surface area (Å²) < 4.78 is 0. The van der Waals surface area contributed by atoms with Crippen molar-refractivity contribution in [3.8, 4) is 0 Å². The van der Waals surface area contributed by atoms with Gasteiger partial charge < -0.3 is 15.1 Å². The SMILES string of the molecule is CCN1CCN(CC(=O)Nc2cnc(C(C)(C)C)nc2)C(=O)C1=O. The molecule has 1 aromatic heterocycles. The Labute approximate surface area is 141 Å². The van der Waals surface area contributed by atoms with Crippen LogP contribution in [0, 0.1) is 0 Å². The van der Waals surface area contributed by atoms with E-state index in [2.05, 4.69) is 15.3 Å². The van der Waals surface area contributed by atoms with E-state index < -0.39 is 11.8 Å². The highest BCUT2D eigenvalue weighted by Gasteiger charge is 2.32. The van der Waals surface area contributed by atoms with E-state index in [0.29, 0.717) is 31.1 Å². The van der Waals surface area contributed by atoms with E-state index >= 15 is 0 Å². The molecule has 0 atom stereocenters. The first-order valence-electron chi connectivity index (χ1n) is 7.93. The Morgan fingerprint density at radius 1 is 1.12 bits per heavy atom. The minimum atomic E-state index is -0.641. The summed E-state index contributed by atoms with van der Waals surface area (Å²) in [6.07, 6.45) is 3.07. The summed E-state index contributed by atoms with van der Waals surface area (Å²) in [6.45, 7) is 8.93. The molecule has 0 radical (unpaired) electrons. The summed E-state index contributed by atoms with van der Waals surface area (Å²) in [5, 5.41) is 2.65. The average molecular weight is 333 g/mol. The molecule has 3 amide bonds. The van der Waals surface area contributed by atoms with Gasteiger partial charge in [-0.25, -0.2) is 9.97 Å². The van der Waals surface area contributed by atoms with Crippen LogP contribution in [0.15, 0.2) is 12.4 Å². The first kappa shape index (κ1) is 17.8. The number of likely N-dealkylation sites (N-methyl/N-ethyl adjacent to an activating group) is 1. The Balaban J connectivity index is 1.94. The molecule has 24 heavy (non-hydrogen) atoms. The summed E-state index contributed by atoms with van der Waals surface area (Å²) in [5.41, 5.74) is 0.285. The first-order valence-corrected chi connectivity index (χ1v) is 7.93. The fraction of sp³-hybridized carbons (Fsp3) is 0.562. The number of carbonyl (C=O) groups excluding carboxylic acids is 3. The summed E-state index contributed by atoms with van der Waals surface area (Å²) in [5.74, 6) is -0.905. The van der Waals surface area contributed by atoms with Crippen molar-refractivity contribution in [3.05, 3.63) is 18.2 Å². The minimum Gasteiger partial charge on any atom is -0.333 e. The van der Waals surface area contributed by atoms with Gasteiger partial charge in [-0.3, -0.25) is 14.4 Å². The van der Waals surface area contributed by atoms with Crippen molar-refractivity contribution in [3.63, 3.8) is 0 Å². The molecule has 0 aromatic carbocycles. The molecule has 0 unspecified atom stereocenters. The van der Waals surface area contributed by atoms with Gasteiger partial charge in [-0.15, -0.1) is 0 Å². The van der Waals surface area contributed by atoms with Gasteiger partial charge in [0.15, 0.2) is 0 Å². The number of aromatic nitrogens is 2. The highest BCUT2D eigenvalue weighted by Crippen LogP contribution is 2.18. The largest absolute Gasteiger partial charge is 0.333 e. The molecular weight excluding hydrogens is 310 g/mol. The predicted octanol–water partition coefficient (Wildman–Crippen LogP) is 0.403. The van der Waals surface area contributed by atoms with Crippen LogP contribution in [0.25, 0.3) is 0 Å². The van der Waals surface area contributed by atoms with Crippen LogP contribution >= 0.6 is 0 Å². The Hall–Kier alpha value is -2.51. The third-order valence-electron chi connectivity index (χ3n) is 3.72. The highest BCUT2D eigenvalue weighted by atomic mass is 16.2. The van der Waals surface area contributed by atoms with Crippen LogP contribution in [0.2, 0.25) is 0 Å². The quantitative estimate of drug-likeness (QED) is 0.805. The van der Waals surface area contributed by atoms with Crippen LogP contribution in [0.5, 0.6) is 0 Å². The molecule has 1 aliphatic heterocycles. The topological polar surface area (TPSA) is 95.5 Å². The average Bonchev–Trinajstić information content (AvgIpc) is 2.52. The molecular formula is C16H23N5O3. The van der Waals surface area contributed by atoms with E-state index in [4.69, 9.17) is 0 Å². The van der Waals surface area contributed by atoms with Crippen molar-refractivity contribution in [1.29, 1.82) is 0 Å². The number of hydrogen-bond acceptors (Lipinski definition) is 5. The smallest absolute Gasteiger partial charge is 0.312 e. The third-order valence-corrected chi connectivity index (χ3v) is 3.72. The Kier molecular flexibility index (Phi) is 5.16. The molecule has 0 aliphatic carbocycles. The van der Waals surface area contributed by atoms with E-state index in [0.717, 1.165) is 0 Å². The Morgan fingerprint density at radius 2 is 1.67 bits per heavy atom. The van der Waals surface area contributed by atoms with Gasteiger partial charge >= 0.3 is 11.8 Å². The second-order valence-electron chi connectivity index (χ2n) is 6.71. The van der Waals surface area contributed by atoms with E-state index in [9.17, 15) is 14.4 Å². The number of nitrogens with one attached hydrogen (secondary N) is 1. The number of anilines is 1. The zero-order valence-electron chi connectivity index (χ0n) is 14.5. The first-order chi connectivity index (χ1) is 11.2. The molecule has 1 saturated heterocycles. The van der Waals surface area contributed by atoms with Crippen molar-refractivity contribution in [2.75, 3.05) is 31.5 Å². The maximum atomic E-state index is 12.1. The molecule has 8 heteroatoms. The molecule has 130 valence electrons. The summed E-state index contributed by atoms with van der Waals surface area (Å²) >= 11 is 0. The van der Waals surface area contributed by atoms with Crippen molar-refractivity contribution in [2.24, 2.45) is 0 Å². The van der Waals surface area contributed by atoms with Gasteiger partial charge in [0, 0.05) is 25.0 Å². The molecule has 1 fully saturated rings. The molecule has 2 rings (SSSR count). The molecule has 8 nitrogen and oxygen atoms in total. The molecule has 1 N–H and O–H groups in total. The molecule has 0 spiro atoms. The molecule has 1 aliphatic rings. The second-order valence-corrected chi connectivity index (χ2v) is 6.71. The van der Waals surface area contributed by atoms with Gasteiger partial charge in [0.1, 0.15) is 12.4 Å². The normalized spacial score (nSPS) is 15.7. The lowest BCUT2D eigenvalue weighted by atomic mass is 9.96. The van der Waals surface area contributed by atoms with Crippen molar-refractivity contribution in [1.82, 2.24) is 19.8 Å². The lowest BCUT2D eigenvalue weighted by Gasteiger charge is -2.32. The standard InChI is InChI=1S/C16H23N5O3/c1-5-20-6-7-21(14(24)13(20)23)10-12(22)19-11-8-17-15(18-9-11)16(2,3)4/h8-9H,5-7,10H2,1-4H3,(H,19,22). The predicted molar refractivity (Wildman–Crippen MR) is 88.2 cm³/mol. The van der Waals surface area contributed by atoms with E-state index in [-0.39, 0.29) is 17.9 Å². The summed E-state index contributed by atoms with van der Waals surface area (Å²) in [7, 11) is 0. The maximum absolute atomic E-state index is 12.1. The van der Waals surface area contributed by atoms with Crippen LogP contribution in [0.4, 0.5) is 5.69 Å². The summed E-state index contributed by atoms with van der Waals surface area (Å²) in [4.78, 5) is 47.1. The van der Waals surface area contributed by atoms with Crippen LogP contribution in [-0.2, 0) is 19.8 Å². The number of rotatable bonds is 4. The van der Waals surface area contributed by atoms with E-state index in [1.54, 1.807) is 0 Å². The van der Waals surface area contributed by atoms with Crippen molar-refractivity contribution < 1.29 is 14.4 Å². The van der Waals surface area contributed by atoms with E-state index in [1.807, 2.05) is 27.7 Å². The third kappa shape index (κ3) is 4.06. The zero-order chi connectivity index (χ0) is 17.9. The minimum absolute atomic E-state index is 0.164. The summed E-state index contributed by atoms with van der Waals surface area (Å²) in [6, 6.07) is 0. The molecule has 0 bridgehead atoms. The number of hydrogen-bond donors (Lipinski definition) is 1. The van der Waals surface area contributed by atoms with Gasteiger partial charge in [0.05, 0.1) is 18.1 Å². The molecule has 2 heterocycles. The maximum Gasteiger partial charge on any atom is 0.312 e. The number of amides is 3. The second kappa shape index (κ2) is 6.94. The van der Waals surface area contributed by atoms with Gasteiger partial charge in [0.2, 0.25) is 5.91 Å². The molecule has 1 aromatic rings. The van der Waals surface area contributed by atoms with Crippen LogP contribution < -0.4 is 5.32 Å². The highest BCUT2D eigenvalue weighted by molar-refractivity contribution is 6.35. The van der Waals surface area contributed by atoms with Crippen molar-refractivity contribution >= 4 is 23.4 Å². The van der Waals surface area contributed by atoms with Gasteiger partial charge in [-0.2, -0.15) is 0 Å². The Morgan fingerprint density at radius 3 is 2.21 bits per heavy atom. The van der Waals surface area contributed by atoms with Crippen molar-refractivity contribution in [2.45, 2.75) is 33.1 Å². The van der Waals surface area contributed by atoms with Crippen LogP contribution in [0.3, 0.4) is 0 Å².